The number of benzene rings is 1. The molecule has 1 aromatic heterocycles. The lowest BCUT2D eigenvalue weighted by Crippen LogP contribution is -2.25. The molecule has 0 spiro atoms. The van der Waals surface area contributed by atoms with Gasteiger partial charge in [-0.15, -0.1) is 12.3 Å². The number of rotatable bonds is 5. The Hall–Kier alpha value is -2.28. The summed E-state index contributed by atoms with van der Waals surface area (Å²) >= 11 is 0. The number of hydrogen-bond donors (Lipinski definition) is 1. The van der Waals surface area contributed by atoms with Gasteiger partial charge in [0, 0.05) is 25.4 Å². The zero-order chi connectivity index (χ0) is 13.7. The lowest BCUT2D eigenvalue weighted by molar-refractivity contribution is 0.0949. The first-order valence-corrected chi connectivity index (χ1v) is 6.37. The lowest BCUT2D eigenvalue weighted by Gasteiger charge is -2.02. The van der Waals surface area contributed by atoms with E-state index in [1.165, 1.54) is 0 Å². The van der Waals surface area contributed by atoms with E-state index in [0.29, 0.717) is 12.2 Å². The van der Waals surface area contributed by atoms with E-state index in [0.717, 1.165) is 30.2 Å². The summed E-state index contributed by atoms with van der Waals surface area (Å²) in [6.45, 7) is 0.630. The number of terminal acetylenes is 1. The number of para-hydroxylation sites is 1. The standard InChI is InChI=1S/C15H17N3O/c1-3-4-5-8-11-16-15(19)14-12-9-6-7-10-13(12)18(2)17-14/h1,6-7,9-10H,4-5,8,11H2,2H3,(H,16,19). The first-order chi connectivity index (χ1) is 9.24. The predicted octanol–water partition coefficient (Wildman–Crippen LogP) is 2.11. The predicted molar refractivity (Wildman–Crippen MR) is 75.7 cm³/mol. The zero-order valence-corrected chi connectivity index (χ0v) is 11.0. The van der Waals surface area contributed by atoms with Crippen LogP contribution in [0.1, 0.15) is 29.8 Å². The van der Waals surface area contributed by atoms with Gasteiger partial charge in [-0.2, -0.15) is 5.10 Å². The van der Waals surface area contributed by atoms with Crippen LogP contribution in [0.4, 0.5) is 0 Å². The Kier molecular flexibility index (Phi) is 4.19. The van der Waals surface area contributed by atoms with Crippen LogP contribution in [0.15, 0.2) is 24.3 Å². The van der Waals surface area contributed by atoms with Crippen molar-refractivity contribution >= 4 is 16.8 Å². The molecule has 4 nitrogen and oxygen atoms in total. The fourth-order valence-corrected chi connectivity index (χ4v) is 2.02. The van der Waals surface area contributed by atoms with Crippen molar-refractivity contribution in [2.75, 3.05) is 6.54 Å². The van der Waals surface area contributed by atoms with E-state index in [4.69, 9.17) is 6.42 Å². The topological polar surface area (TPSA) is 46.9 Å². The summed E-state index contributed by atoms with van der Waals surface area (Å²) in [6.07, 6.45) is 7.75. The second-order valence-electron chi connectivity index (χ2n) is 4.41. The van der Waals surface area contributed by atoms with Crippen LogP contribution in [0.25, 0.3) is 10.9 Å². The second-order valence-corrected chi connectivity index (χ2v) is 4.41. The van der Waals surface area contributed by atoms with Crippen molar-refractivity contribution in [1.29, 1.82) is 0 Å². The van der Waals surface area contributed by atoms with E-state index >= 15 is 0 Å². The van der Waals surface area contributed by atoms with E-state index in [1.807, 2.05) is 31.3 Å². The van der Waals surface area contributed by atoms with Gasteiger partial charge < -0.3 is 5.32 Å². The van der Waals surface area contributed by atoms with Gasteiger partial charge in [0.2, 0.25) is 0 Å². The smallest absolute Gasteiger partial charge is 0.272 e. The molecule has 0 fully saturated rings. The summed E-state index contributed by atoms with van der Waals surface area (Å²) in [7, 11) is 1.84. The van der Waals surface area contributed by atoms with E-state index in [-0.39, 0.29) is 5.91 Å². The number of fused-ring (bicyclic) bond motifs is 1. The quantitative estimate of drug-likeness (QED) is 0.657. The first-order valence-electron chi connectivity index (χ1n) is 6.37. The Labute approximate surface area is 112 Å². The molecule has 2 rings (SSSR count). The molecule has 98 valence electrons. The molecule has 0 atom stereocenters. The van der Waals surface area contributed by atoms with Crippen LogP contribution >= 0.6 is 0 Å². The van der Waals surface area contributed by atoms with Crippen molar-refractivity contribution in [3.8, 4) is 12.3 Å². The third kappa shape index (κ3) is 2.94. The highest BCUT2D eigenvalue weighted by Crippen LogP contribution is 2.17. The van der Waals surface area contributed by atoms with Crippen LogP contribution in [0.3, 0.4) is 0 Å². The molecule has 0 aliphatic heterocycles. The normalized spacial score (nSPS) is 10.3. The van der Waals surface area contributed by atoms with Crippen LogP contribution in [-0.4, -0.2) is 22.2 Å². The highest BCUT2D eigenvalue weighted by Gasteiger charge is 2.14. The number of amides is 1. The second kappa shape index (κ2) is 6.05. The minimum Gasteiger partial charge on any atom is -0.351 e. The fourth-order valence-electron chi connectivity index (χ4n) is 2.02. The molecule has 2 aromatic rings. The summed E-state index contributed by atoms with van der Waals surface area (Å²) in [6, 6.07) is 7.71. The van der Waals surface area contributed by atoms with Gasteiger partial charge in [0.05, 0.1) is 5.52 Å². The summed E-state index contributed by atoms with van der Waals surface area (Å²) in [4.78, 5) is 12.1. The molecule has 0 saturated carbocycles. The molecule has 0 unspecified atom stereocenters. The van der Waals surface area contributed by atoms with Crippen LogP contribution < -0.4 is 5.32 Å². The van der Waals surface area contributed by atoms with Gasteiger partial charge >= 0.3 is 0 Å². The lowest BCUT2D eigenvalue weighted by atomic mass is 10.2. The molecular weight excluding hydrogens is 238 g/mol. The molecule has 1 N–H and O–H groups in total. The summed E-state index contributed by atoms with van der Waals surface area (Å²) in [5, 5.41) is 8.04. The molecule has 4 heteroatoms. The van der Waals surface area contributed by atoms with Crippen LogP contribution in [0, 0.1) is 12.3 Å². The number of aromatic nitrogens is 2. The molecule has 0 aliphatic rings. The Balaban J connectivity index is 2.04. The Morgan fingerprint density at radius 3 is 3.00 bits per heavy atom. The monoisotopic (exact) mass is 255 g/mol. The number of carbonyl (C=O) groups is 1. The summed E-state index contributed by atoms with van der Waals surface area (Å²) in [5.74, 6) is 2.46. The minimum absolute atomic E-state index is 0.127. The van der Waals surface area contributed by atoms with E-state index in [1.54, 1.807) is 4.68 Å². The SMILES string of the molecule is C#CCCCCNC(=O)c1nn(C)c2ccccc12. The van der Waals surface area contributed by atoms with E-state index < -0.39 is 0 Å². The van der Waals surface area contributed by atoms with Gasteiger partial charge in [-0.1, -0.05) is 18.2 Å². The van der Waals surface area contributed by atoms with Crippen molar-refractivity contribution < 1.29 is 4.79 Å². The van der Waals surface area contributed by atoms with Crippen molar-refractivity contribution in [3.05, 3.63) is 30.0 Å². The van der Waals surface area contributed by atoms with Gasteiger partial charge in [-0.25, -0.2) is 0 Å². The Morgan fingerprint density at radius 1 is 1.42 bits per heavy atom. The average molecular weight is 255 g/mol. The molecule has 1 aromatic carbocycles. The van der Waals surface area contributed by atoms with Crippen LogP contribution in [-0.2, 0) is 7.05 Å². The average Bonchev–Trinajstić information content (AvgIpc) is 2.76. The molecule has 0 saturated heterocycles. The maximum atomic E-state index is 12.1. The minimum atomic E-state index is -0.127. The molecule has 1 heterocycles. The zero-order valence-electron chi connectivity index (χ0n) is 11.0. The third-order valence-corrected chi connectivity index (χ3v) is 3.01. The number of aryl methyl sites for hydroxylation is 1. The summed E-state index contributed by atoms with van der Waals surface area (Å²) < 4.78 is 1.72. The van der Waals surface area contributed by atoms with Gasteiger partial charge in [-0.3, -0.25) is 9.48 Å². The van der Waals surface area contributed by atoms with Crippen molar-refractivity contribution in [2.45, 2.75) is 19.3 Å². The van der Waals surface area contributed by atoms with Gasteiger partial charge in [0.25, 0.3) is 5.91 Å². The van der Waals surface area contributed by atoms with E-state index in [2.05, 4.69) is 16.3 Å². The highest BCUT2D eigenvalue weighted by molar-refractivity contribution is 6.04. The third-order valence-electron chi connectivity index (χ3n) is 3.01. The molecule has 0 aliphatic carbocycles. The number of nitrogens with one attached hydrogen (secondary N) is 1. The number of hydrogen-bond acceptors (Lipinski definition) is 2. The Morgan fingerprint density at radius 2 is 2.21 bits per heavy atom. The number of nitrogens with zero attached hydrogens (tertiary/aromatic N) is 2. The summed E-state index contributed by atoms with van der Waals surface area (Å²) in [5.41, 5.74) is 1.44. The molecule has 0 bridgehead atoms. The molecule has 0 radical (unpaired) electrons. The molecular formula is C15H17N3O. The van der Waals surface area contributed by atoms with Crippen molar-refractivity contribution in [2.24, 2.45) is 7.05 Å². The molecule has 1 amide bonds. The van der Waals surface area contributed by atoms with Crippen LogP contribution in [0.5, 0.6) is 0 Å². The van der Waals surface area contributed by atoms with Gasteiger partial charge in [0.15, 0.2) is 5.69 Å². The van der Waals surface area contributed by atoms with Gasteiger partial charge in [0.1, 0.15) is 0 Å². The molecule has 19 heavy (non-hydrogen) atoms. The van der Waals surface area contributed by atoms with E-state index in [9.17, 15) is 4.79 Å². The van der Waals surface area contributed by atoms with Crippen molar-refractivity contribution in [3.63, 3.8) is 0 Å². The van der Waals surface area contributed by atoms with Gasteiger partial charge in [-0.05, 0) is 18.9 Å². The maximum Gasteiger partial charge on any atom is 0.272 e. The largest absolute Gasteiger partial charge is 0.351 e. The first kappa shape index (κ1) is 13.2. The number of carbonyl (C=O) groups excluding carboxylic acids is 1. The highest BCUT2D eigenvalue weighted by atomic mass is 16.1. The van der Waals surface area contributed by atoms with Crippen LogP contribution in [0.2, 0.25) is 0 Å². The fraction of sp³-hybridized carbons (Fsp3) is 0.333. The Bertz CT molecular complexity index is 622. The maximum absolute atomic E-state index is 12.1. The van der Waals surface area contributed by atoms with Crippen molar-refractivity contribution in [1.82, 2.24) is 15.1 Å². The number of unbranched alkanes of at least 4 members (excludes halogenated alkanes) is 2.